The lowest BCUT2D eigenvalue weighted by molar-refractivity contribution is -0.384. The number of amides is 1. The number of hydrogen-bond donors (Lipinski definition) is 1. The Kier molecular flexibility index (Phi) is 4.93. The van der Waals surface area contributed by atoms with Gasteiger partial charge < -0.3 is 5.32 Å². The minimum absolute atomic E-state index is 0.112. The molecule has 0 radical (unpaired) electrons. The lowest BCUT2D eigenvalue weighted by Crippen LogP contribution is -2.23. The largest absolute Gasteiger partial charge is 0.347 e. The molecule has 0 bridgehead atoms. The van der Waals surface area contributed by atoms with Gasteiger partial charge in [0.1, 0.15) is 0 Å². The van der Waals surface area contributed by atoms with Crippen molar-refractivity contribution in [1.82, 2.24) is 5.32 Å². The number of benzene rings is 1. The number of nitro benzene ring substituents is 1. The molecule has 1 N–H and O–H groups in total. The Morgan fingerprint density at radius 3 is 2.86 bits per heavy atom. The first-order chi connectivity index (χ1) is 10.0. The van der Waals surface area contributed by atoms with Crippen LogP contribution in [0.3, 0.4) is 0 Å². The summed E-state index contributed by atoms with van der Waals surface area (Å²) in [5.74, 6) is -0.417. The molecule has 0 unspecified atom stereocenters. The summed E-state index contributed by atoms with van der Waals surface area (Å²) in [6, 6.07) is 5.84. The minimum Gasteiger partial charge on any atom is -0.347 e. The van der Waals surface area contributed by atoms with Crippen molar-refractivity contribution < 1.29 is 9.72 Å². The standard InChI is InChI=1S/C14H13ClN2O3S/c1-2-9-5-6-21-13(9)8-16-14(18)11-7-10(17(19)20)3-4-12(11)15/h3-7H,2,8H2,1H3,(H,16,18). The second kappa shape index (κ2) is 6.69. The molecule has 0 saturated carbocycles. The number of halogens is 1. The predicted molar refractivity (Wildman–Crippen MR) is 83.0 cm³/mol. The van der Waals surface area contributed by atoms with Crippen molar-refractivity contribution in [2.24, 2.45) is 0 Å². The molecule has 1 aromatic heterocycles. The Morgan fingerprint density at radius 2 is 2.19 bits per heavy atom. The number of nitrogens with zero attached hydrogens (tertiary/aromatic N) is 1. The Hall–Kier alpha value is -1.92. The van der Waals surface area contributed by atoms with E-state index >= 15 is 0 Å². The molecule has 5 nitrogen and oxygen atoms in total. The van der Waals surface area contributed by atoms with E-state index in [0.717, 1.165) is 11.3 Å². The first-order valence-corrected chi connectivity index (χ1v) is 7.56. The molecular weight excluding hydrogens is 312 g/mol. The van der Waals surface area contributed by atoms with Crippen molar-refractivity contribution in [2.75, 3.05) is 0 Å². The van der Waals surface area contributed by atoms with Crippen LogP contribution in [0, 0.1) is 10.1 Å². The van der Waals surface area contributed by atoms with E-state index in [1.54, 1.807) is 11.3 Å². The molecule has 0 aliphatic carbocycles. The predicted octanol–water partition coefficient (Wildman–Crippen LogP) is 3.80. The van der Waals surface area contributed by atoms with Gasteiger partial charge in [0.2, 0.25) is 0 Å². The SMILES string of the molecule is CCc1ccsc1CNC(=O)c1cc([N+](=O)[O-])ccc1Cl. The normalized spacial score (nSPS) is 10.4. The third kappa shape index (κ3) is 3.59. The van der Waals surface area contributed by atoms with Crippen molar-refractivity contribution in [2.45, 2.75) is 19.9 Å². The van der Waals surface area contributed by atoms with Crippen molar-refractivity contribution in [3.63, 3.8) is 0 Å². The van der Waals surface area contributed by atoms with E-state index in [2.05, 4.69) is 5.32 Å². The lowest BCUT2D eigenvalue weighted by atomic mass is 10.1. The molecule has 2 rings (SSSR count). The zero-order chi connectivity index (χ0) is 15.4. The summed E-state index contributed by atoms with van der Waals surface area (Å²) in [4.78, 5) is 23.4. The molecule has 0 fully saturated rings. The highest BCUT2D eigenvalue weighted by molar-refractivity contribution is 7.10. The van der Waals surface area contributed by atoms with Gasteiger partial charge in [-0.15, -0.1) is 11.3 Å². The number of rotatable bonds is 5. The van der Waals surface area contributed by atoms with Gasteiger partial charge in [-0.25, -0.2) is 0 Å². The maximum atomic E-state index is 12.1. The highest BCUT2D eigenvalue weighted by Crippen LogP contribution is 2.22. The average molecular weight is 325 g/mol. The van der Waals surface area contributed by atoms with Crippen LogP contribution in [0.2, 0.25) is 5.02 Å². The molecule has 0 spiro atoms. The van der Waals surface area contributed by atoms with Gasteiger partial charge in [-0.2, -0.15) is 0 Å². The summed E-state index contributed by atoms with van der Waals surface area (Å²) in [6.07, 6.45) is 0.895. The molecule has 0 aliphatic rings. The Bertz CT molecular complexity index is 685. The van der Waals surface area contributed by atoms with Crippen LogP contribution in [0.15, 0.2) is 29.6 Å². The number of non-ortho nitro benzene ring substituents is 1. The second-order valence-electron chi connectivity index (χ2n) is 4.33. The number of nitrogens with one attached hydrogen (secondary N) is 1. The van der Waals surface area contributed by atoms with Crippen LogP contribution < -0.4 is 5.32 Å². The number of aryl methyl sites for hydroxylation is 1. The van der Waals surface area contributed by atoms with E-state index in [1.165, 1.54) is 23.8 Å². The van der Waals surface area contributed by atoms with E-state index in [0.29, 0.717) is 6.54 Å². The van der Waals surface area contributed by atoms with Crippen molar-refractivity contribution in [3.05, 3.63) is 60.8 Å². The van der Waals surface area contributed by atoms with Gasteiger partial charge in [-0.3, -0.25) is 14.9 Å². The summed E-state index contributed by atoms with van der Waals surface area (Å²) in [5.41, 5.74) is 1.14. The molecule has 0 saturated heterocycles. The zero-order valence-corrected chi connectivity index (χ0v) is 12.8. The smallest absolute Gasteiger partial charge is 0.270 e. The Balaban J connectivity index is 2.13. The molecule has 0 aliphatic heterocycles. The van der Waals surface area contributed by atoms with Crippen LogP contribution in [0.25, 0.3) is 0 Å². The van der Waals surface area contributed by atoms with Gasteiger partial charge in [-0.1, -0.05) is 18.5 Å². The summed E-state index contributed by atoms with van der Waals surface area (Å²) in [7, 11) is 0. The number of thiophene rings is 1. The van der Waals surface area contributed by atoms with E-state index in [1.807, 2.05) is 18.4 Å². The van der Waals surface area contributed by atoms with E-state index in [4.69, 9.17) is 11.6 Å². The summed E-state index contributed by atoms with van der Waals surface area (Å²) >= 11 is 7.50. The summed E-state index contributed by atoms with van der Waals surface area (Å²) < 4.78 is 0. The van der Waals surface area contributed by atoms with E-state index in [9.17, 15) is 14.9 Å². The van der Waals surface area contributed by atoms with Crippen LogP contribution in [0.4, 0.5) is 5.69 Å². The Morgan fingerprint density at radius 1 is 1.43 bits per heavy atom. The maximum absolute atomic E-state index is 12.1. The molecule has 2 aromatic rings. The molecule has 1 heterocycles. The minimum atomic E-state index is -0.554. The topological polar surface area (TPSA) is 72.2 Å². The first kappa shape index (κ1) is 15.5. The van der Waals surface area contributed by atoms with Gasteiger partial charge in [0.05, 0.1) is 22.1 Å². The average Bonchev–Trinajstić information content (AvgIpc) is 2.92. The van der Waals surface area contributed by atoms with Crippen molar-refractivity contribution >= 4 is 34.5 Å². The number of hydrogen-bond acceptors (Lipinski definition) is 4. The summed E-state index contributed by atoms with van der Waals surface area (Å²) in [5, 5.41) is 15.7. The van der Waals surface area contributed by atoms with Crippen molar-refractivity contribution in [1.29, 1.82) is 0 Å². The van der Waals surface area contributed by atoms with E-state index < -0.39 is 10.8 Å². The molecule has 1 amide bonds. The van der Waals surface area contributed by atoms with Crippen LogP contribution in [-0.2, 0) is 13.0 Å². The van der Waals surface area contributed by atoms with Gasteiger partial charge in [0, 0.05) is 17.0 Å². The Labute approximate surface area is 130 Å². The molecule has 110 valence electrons. The van der Waals surface area contributed by atoms with Gasteiger partial charge in [0.15, 0.2) is 0 Å². The molecule has 1 aromatic carbocycles. The fourth-order valence-electron chi connectivity index (χ4n) is 1.89. The molecule has 21 heavy (non-hydrogen) atoms. The fourth-order valence-corrected chi connectivity index (χ4v) is 3.01. The quantitative estimate of drug-likeness (QED) is 0.671. The van der Waals surface area contributed by atoms with Crippen LogP contribution in [-0.4, -0.2) is 10.8 Å². The molecular formula is C14H13ClN2O3S. The number of carbonyl (C=O) groups is 1. The third-order valence-electron chi connectivity index (χ3n) is 3.03. The third-order valence-corrected chi connectivity index (χ3v) is 4.33. The highest BCUT2D eigenvalue weighted by Gasteiger charge is 2.16. The fraction of sp³-hybridized carbons (Fsp3) is 0.214. The van der Waals surface area contributed by atoms with Crippen LogP contribution in [0.5, 0.6) is 0 Å². The zero-order valence-electron chi connectivity index (χ0n) is 11.3. The molecule has 0 atom stereocenters. The first-order valence-electron chi connectivity index (χ1n) is 6.30. The monoisotopic (exact) mass is 324 g/mol. The van der Waals surface area contributed by atoms with Crippen LogP contribution in [0.1, 0.15) is 27.7 Å². The summed E-state index contributed by atoms with van der Waals surface area (Å²) in [6.45, 7) is 2.43. The maximum Gasteiger partial charge on any atom is 0.270 e. The van der Waals surface area contributed by atoms with Gasteiger partial charge in [0.25, 0.3) is 11.6 Å². The number of carbonyl (C=O) groups excluding carboxylic acids is 1. The van der Waals surface area contributed by atoms with Crippen molar-refractivity contribution in [3.8, 4) is 0 Å². The van der Waals surface area contributed by atoms with Crippen LogP contribution >= 0.6 is 22.9 Å². The number of nitro groups is 1. The van der Waals surface area contributed by atoms with Gasteiger partial charge >= 0.3 is 0 Å². The van der Waals surface area contributed by atoms with Gasteiger partial charge in [-0.05, 0) is 29.5 Å². The molecule has 7 heteroatoms. The van der Waals surface area contributed by atoms with E-state index in [-0.39, 0.29) is 16.3 Å². The lowest BCUT2D eigenvalue weighted by Gasteiger charge is -2.07. The highest BCUT2D eigenvalue weighted by atomic mass is 35.5. The second-order valence-corrected chi connectivity index (χ2v) is 5.73.